The van der Waals surface area contributed by atoms with Crippen LogP contribution in [0.15, 0.2) is 59.1 Å². The summed E-state index contributed by atoms with van der Waals surface area (Å²) in [6.07, 6.45) is 4.76. The van der Waals surface area contributed by atoms with Crippen LogP contribution in [0.3, 0.4) is 0 Å². The van der Waals surface area contributed by atoms with Gasteiger partial charge in [0.1, 0.15) is 5.75 Å². The van der Waals surface area contributed by atoms with Gasteiger partial charge >= 0.3 is 0 Å². The van der Waals surface area contributed by atoms with Crippen LogP contribution >= 0.6 is 0 Å². The minimum absolute atomic E-state index is 0.0360. The molecule has 2 aromatic carbocycles. The minimum atomic E-state index is -0.278. The third kappa shape index (κ3) is 4.67. The molecule has 1 aliphatic rings. The standard InChI is InChI=1S/C21H22N2O4/c1-2-10-27-20-12-16(7-9-19(20)25)23-21(26)15-6-8-18(22-13-15)14-4-3-5-17(24)11-14/h3-7,9,11-13,18,24-25H,2,8,10H2,1H3,(H,23,26). The maximum atomic E-state index is 12.5. The first-order valence-corrected chi connectivity index (χ1v) is 8.86. The maximum Gasteiger partial charge on any atom is 0.256 e. The van der Waals surface area contributed by atoms with E-state index < -0.39 is 0 Å². The normalized spacial score (nSPS) is 15.9. The van der Waals surface area contributed by atoms with E-state index in [0.29, 0.717) is 30.0 Å². The highest BCUT2D eigenvalue weighted by atomic mass is 16.5. The van der Waals surface area contributed by atoms with E-state index in [0.717, 1.165) is 12.0 Å². The van der Waals surface area contributed by atoms with Crippen molar-refractivity contribution in [2.75, 3.05) is 11.9 Å². The molecule has 6 nitrogen and oxygen atoms in total. The number of hydrogen-bond donors (Lipinski definition) is 3. The average molecular weight is 366 g/mol. The van der Waals surface area contributed by atoms with E-state index in [1.807, 2.05) is 19.1 Å². The second-order valence-corrected chi connectivity index (χ2v) is 6.27. The number of rotatable bonds is 6. The lowest BCUT2D eigenvalue weighted by Crippen LogP contribution is -2.17. The van der Waals surface area contributed by atoms with Crippen molar-refractivity contribution in [2.24, 2.45) is 4.99 Å². The average Bonchev–Trinajstić information content (AvgIpc) is 2.68. The smallest absolute Gasteiger partial charge is 0.256 e. The van der Waals surface area contributed by atoms with Crippen molar-refractivity contribution in [3.63, 3.8) is 0 Å². The number of nitrogens with zero attached hydrogens (tertiary/aromatic N) is 1. The largest absolute Gasteiger partial charge is 0.508 e. The van der Waals surface area contributed by atoms with Gasteiger partial charge in [-0.25, -0.2) is 0 Å². The Balaban J connectivity index is 1.65. The molecule has 27 heavy (non-hydrogen) atoms. The van der Waals surface area contributed by atoms with E-state index in [1.165, 1.54) is 6.07 Å². The van der Waals surface area contributed by atoms with Crippen molar-refractivity contribution in [3.8, 4) is 17.2 Å². The molecule has 0 saturated heterocycles. The van der Waals surface area contributed by atoms with Gasteiger partial charge in [0, 0.05) is 18.0 Å². The molecular weight excluding hydrogens is 344 g/mol. The van der Waals surface area contributed by atoms with Gasteiger partial charge in [-0.2, -0.15) is 0 Å². The molecule has 0 bridgehead atoms. The second-order valence-electron chi connectivity index (χ2n) is 6.27. The summed E-state index contributed by atoms with van der Waals surface area (Å²) >= 11 is 0. The minimum Gasteiger partial charge on any atom is -0.508 e. The number of aromatic hydroxyl groups is 2. The van der Waals surface area contributed by atoms with Crippen LogP contribution in [-0.2, 0) is 4.79 Å². The van der Waals surface area contributed by atoms with Gasteiger partial charge in [0.2, 0.25) is 0 Å². The molecule has 2 aromatic rings. The number of phenols is 2. The highest BCUT2D eigenvalue weighted by Gasteiger charge is 2.17. The number of benzene rings is 2. The predicted molar refractivity (Wildman–Crippen MR) is 105 cm³/mol. The van der Waals surface area contributed by atoms with E-state index in [1.54, 1.807) is 36.5 Å². The Bertz CT molecular complexity index is 890. The molecule has 0 fully saturated rings. The van der Waals surface area contributed by atoms with Gasteiger partial charge in [-0.3, -0.25) is 9.79 Å². The van der Waals surface area contributed by atoms with Crippen LogP contribution in [0, 0.1) is 0 Å². The molecule has 0 aromatic heterocycles. The molecule has 1 unspecified atom stereocenters. The number of ether oxygens (including phenoxy) is 1. The van der Waals surface area contributed by atoms with Crippen LogP contribution < -0.4 is 10.1 Å². The lowest BCUT2D eigenvalue weighted by Gasteiger charge is -2.16. The summed E-state index contributed by atoms with van der Waals surface area (Å²) in [7, 11) is 0. The third-order valence-electron chi connectivity index (χ3n) is 4.15. The van der Waals surface area contributed by atoms with Crippen molar-refractivity contribution >= 4 is 17.8 Å². The van der Waals surface area contributed by atoms with E-state index in [9.17, 15) is 15.0 Å². The van der Waals surface area contributed by atoms with Crippen LogP contribution in [0.1, 0.15) is 31.4 Å². The summed E-state index contributed by atoms with van der Waals surface area (Å²) in [4.78, 5) is 16.9. The Morgan fingerprint density at radius 2 is 2.11 bits per heavy atom. The predicted octanol–water partition coefficient (Wildman–Crippen LogP) is 3.97. The Morgan fingerprint density at radius 3 is 2.81 bits per heavy atom. The number of dihydropyridines is 1. The fourth-order valence-electron chi connectivity index (χ4n) is 2.75. The monoisotopic (exact) mass is 366 g/mol. The fourth-order valence-corrected chi connectivity index (χ4v) is 2.75. The van der Waals surface area contributed by atoms with Gasteiger partial charge in [-0.1, -0.05) is 25.1 Å². The van der Waals surface area contributed by atoms with Crippen LogP contribution in [0.2, 0.25) is 0 Å². The van der Waals surface area contributed by atoms with Crippen LogP contribution in [-0.4, -0.2) is 28.9 Å². The van der Waals surface area contributed by atoms with Gasteiger partial charge in [0.15, 0.2) is 11.5 Å². The first kappa shape index (κ1) is 18.5. The maximum absolute atomic E-state index is 12.5. The number of carbonyl (C=O) groups excluding carboxylic acids is 1. The number of carbonyl (C=O) groups is 1. The molecule has 0 aliphatic carbocycles. The topological polar surface area (TPSA) is 91.2 Å². The van der Waals surface area contributed by atoms with Crippen molar-refractivity contribution < 1.29 is 19.7 Å². The molecular formula is C21H22N2O4. The summed E-state index contributed by atoms with van der Waals surface area (Å²) in [5, 5.41) is 22.2. The molecule has 3 rings (SSSR count). The fraction of sp³-hybridized carbons (Fsp3) is 0.238. The van der Waals surface area contributed by atoms with Crippen LogP contribution in [0.5, 0.6) is 17.2 Å². The Labute approximate surface area is 157 Å². The van der Waals surface area contributed by atoms with Crippen LogP contribution in [0.25, 0.3) is 0 Å². The summed E-state index contributed by atoms with van der Waals surface area (Å²) in [5.41, 5.74) is 1.90. The third-order valence-corrected chi connectivity index (χ3v) is 4.15. The first-order chi connectivity index (χ1) is 13.1. The van der Waals surface area contributed by atoms with Crippen molar-refractivity contribution in [3.05, 3.63) is 59.7 Å². The van der Waals surface area contributed by atoms with E-state index in [-0.39, 0.29) is 23.4 Å². The molecule has 6 heteroatoms. The molecule has 1 heterocycles. The van der Waals surface area contributed by atoms with Gasteiger partial charge < -0.3 is 20.3 Å². The molecule has 1 amide bonds. The zero-order valence-corrected chi connectivity index (χ0v) is 15.1. The van der Waals surface area contributed by atoms with Crippen LogP contribution in [0.4, 0.5) is 5.69 Å². The Kier molecular flexibility index (Phi) is 5.76. The van der Waals surface area contributed by atoms with Gasteiger partial charge in [0.05, 0.1) is 18.2 Å². The first-order valence-electron chi connectivity index (χ1n) is 8.86. The SMILES string of the molecule is CCCOc1cc(NC(=O)C2=CCC(c3cccc(O)c3)N=C2)ccc1O. The summed E-state index contributed by atoms with van der Waals surface area (Å²) < 4.78 is 5.46. The summed E-state index contributed by atoms with van der Waals surface area (Å²) in [5.74, 6) is 0.294. The molecule has 1 atom stereocenters. The zero-order chi connectivity index (χ0) is 19.2. The molecule has 0 saturated carbocycles. The van der Waals surface area contributed by atoms with E-state index >= 15 is 0 Å². The molecule has 0 radical (unpaired) electrons. The summed E-state index contributed by atoms with van der Waals surface area (Å²) in [6.45, 7) is 2.46. The highest BCUT2D eigenvalue weighted by Crippen LogP contribution is 2.30. The molecule has 3 N–H and O–H groups in total. The van der Waals surface area contributed by atoms with E-state index in [2.05, 4.69) is 10.3 Å². The quantitative estimate of drug-likeness (QED) is 0.675. The lowest BCUT2D eigenvalue weighted by molar-refractivity contribution is -0.112. The van der Waals surface area contributed by atoms with Gasteiger partial charge in [-0.05, 0) is 42.7 Å². The van der Waals surface area contributed by atoms with Gasteiger partial charge in [0.25, 0.3) is 5.91 Å². The molecule has 1 aliphatic heterocycles. The zero-order valence-electron chi connectivity index (χ0n) is 15.1. The number of aliphatic imine (C=N–C) groups is 1. The number of hydrogen-bond acceptors (Lipinski definition) is 5. The van der Waals surface area contributed by atoms with Gasteiger partial charge in [-0.15, -0.1) is 0 Å². The number of nitrogens with one attached hydrogen (secondary N) is 1. The number of phenolic OH excluding ortho intramolecular Hbond substituents is 2. The van der Waals surface area contributed by atoms with Crippen molar-refractivity contribution in [1.29, 1.82) is 0 Å². The molecule has 140 valence electrons. The van der Waals surface area contributed by atoms with E-state index in [4.69, 9.17) is 4.74 Å². The van der Waals surface area contributed by atoms with Crippen molar-refractivity contribution in [2.45, 2.75) is 25.8 Å². The highest BCUT2D eigenvalue weighted by molar-refractivity contribution is 6.18. The Morgan fingerprint density at radius 1 is 1.26 bits per heavy atom. The second kappa shape index (κ2) is 8.40. The summed E-state index contributed by atoms with van der Waals surface area (Å²) in [6, 6.07) is 11.5. The van der Waals surface area contributed by atoms with Crippen molar-refractivity contribution in [1.82, 2.24) is 0 Å². The number of amides is 1. The number of anilines is 1. The molecule has 0 spiro atoms. The lowest BCUT2D eigenvalue weighted by atomic mass is 10.00. The Hall–Kier alpha value is -3.28.